The van der Waals surface area contributed by atoms with Crippen LogP contribution >= 0.6 is 0 Å². The summed E-state index contributed by atoms with van der Waals surface area (Å²) in [6.45, 7) is 6.05. The Hall–Kier alpha value is -1.35. The summed E-state index contributed by atoms with van der Waals surface area (Å²) in [5.74, 6) is 1.65. The number of nitrogens with zero attached hydrogens (tertiary/aromatic N) is 1. The number of carbonyl (C=O) groups excluding carboxylic acids is 1. The largest absolute Gasteiger partial charge is 0.338 e. The van der Waals surface area contributed by atoms with Gasteiger partial charge >= 0.3 is 0 Å². The molecule has 2 aliphatic rings. The first-order valence-electron chi connectivity index (χ1n) is 6.81. The molecule has 0 aliphatic carbocycles. The number of hydrogen-bond donors (Lipinski definition) is 1. The Morgan fingerprint density at radius 2 is 2.06 bits per heavy atom. The minimum Gasteiger partial charge on any atom is -0.338 e. The predicted molar refractivity (Wildman–Crippen MR) is 71.5 cm³/mol. The van der Waals surface area contributed by atoms with E-state index in [1.807, 2.05) is 36.1 Å². The number of piperidine rings is 1. The average molecular weight is 244 g/mol. The summed E-state index contributed by atoms with van der Waals surface area (Å²) in [6.07, 6.45) is 1.15. The monoisotopic (exact) mass is 244 g/mol. The van der Waals surface area contributed by atoms with Gasteiger partial charge in [0.2, 0.25) is 0 Å². The number of benzene rings is 1. The summed E-state index contributed by atoms with van der Waals surface area (Å²) < 4.78 is 0. The van der Waals surface area contributed by atoms with Crippen molar-refractivity contribution in [3.63, 3.8) is 0 Å². The molecule has 2 fully saturated rings. The fourth-order valence-electron chi connectivity index (χ4n) is 3.20. The van der Waals surface area contributed by atoms with Gasteiger partial charge in [0.25, 0.3) is 5.91 Å². The van der Waals surface area contributed by atoms with E-state index in [4.69, 9.17) is 0 Å². The third kappa shape index (κ3) is 2.03. The lowest BCUT2D eigenvalue weighted by molar-refractivity contribution is 0.0642. The smallest absolute Gasteiger partial charge is 0.254 e. The maximum Gasteiger partial charge on any atom is 0.254 e. The number of rotatable bonds is 1. The van der Waals surface area contributed by atoms with Crippen LogP contribution in [0, 0.1) is 18.8 Å². The number of likely N-dealkylation sites (tertiary alicyclic amines) is 1. The standard InChI is InChI=1S/C15H20N2O/c1-11-4-2-3-5-14(11)15(18)17-7-6-12-8-16-9-13(12)10-17/h2-5,12-13,16H,6-10H2,1H3. The lowest BCUT2D eigenvalue weighted by Gasteiger charge is -2.34. The molecule has 1 aromatic rings. The van der Waals surface area contributed by atoms with Crippen molar-refractivity contribution in [2.75, 3.05) is 26.2 Å². The Morgan fingerprint density at radius 1 is 1.28 bits per heavy atom. The van der Waals surface area contributed by atoms with Gasteiger partial charge in [-0.2, -0.15) is 0 Å². The second kappa shape index (κ2) is 4.73. The van der Waals surface area contributed by atoms with Gasteiger partial charge in [-0.25, -0.2) is 0 Å². The van der Waals surface area contributed by atoms with Gasteiger partial charge in [0.15, 0.2) is 0 Å². The molecule has 2 unspecified atom stereocenters. The van der Waals surface area contributed by atoms with E-state index < -0.39 is 0 Å². The second-order valence-corrected chi connectivity index (χ2v) is 5.53. The van der Waals surface area contributed by atoms with Crippen LogP contribution in [-0.4, -0.2) is 37.0 Å². The van der Waals surface area contributed by atoms with E-state index in [1.165, 1.54) is 0 Å². The van der Waals surface area contributed by atoms with Crippen molar-refractivity contribution in [1.82, 2.24) is 10.2 Å². The van der Waals surface area contributed by atoms with Crippen molar-refractivity contribution in [2.24, 2.45) is 11.8 Å². The summed E-state index contributed by atoms with van der Waals surface area (Å²) in [4.78, 5) is 14.6. The van der Waals surface area contributed by atoms with Crippen molar-refractivity contribution in [3.8, 4) is 0 Å². The summed E-state index contributed by atoms with van der Waals surface area (Å²) in [5.41, 5.74) is 1.94. The van der Waals surface area contributed by atoms with Gasteiger partial charge in [0, 0.05) is 18.7 Å². The molecule has 2 heterocycles. The van der Waals surface area contributed by atoms with Gasteiger partial charge in [-0.05, 0) is 49.9 Å². The molecule has 0 radical (unpaired) electrons. The molecule has 0 aromatic heterocycles. The Labute approximate surface area is 108 Å². The zero-order chi connectivity index (χ0) is 12.5. The summed E-state index contributed by atoms with van der Waals surface area (Å²) in [7, 11) is 0. The van der Waals surface area contributed by atoms with Crippen molar-refractivity contribution in [2.45, 2.75) is 13.3 Å². The van der Waals surface area contributed by atoms with E-state index in [2.05, 4.69) is 5.32 Å². The molecule has 3 rings (SSSR count). The Kier molecular flexibility index (Phi) is 3.08. The number of carbonyl (C=O) groups is 1. The Bertz CT molecular complexity index is 458. The van der Waals surface area contributed by atoms with Crippen LogP contribution in [0.5, 0.6) is 0 Å². The highest BCUT2D eigenvalue weighted by molar-refractivity contribution is 5.95. The topological polar surface area (TPSA) is 32.3 Å². The molecule has 0 saturated carbocycles. The molecule has 1 amide bonds. The van der Waals surface area contributed by atoms with E-state index >= 15 is 0 Å². The molecule has 0 bridgehead atoms. The first-order valence-corrected chi connectivity index (χ1v) is 6.81. The predicted octanol–water partition coefficient (Wildman–Crippen LogP) is 1.68. The molecular formula is C15H20N2O. The number of nitrogens with one attached hydrogen (secondary N) is 1. The highest BCUT2D eigenvalue weighted by atomic mass is 16.2. The molecular weight excluding hydrogens is 224 g/mol. The number of hydrogen-bond acceptors (Lipinski definition) is 2. The molecule has 2 saturated heterocycles. The maximum atomic E-state index is 12.5. The molecule has 1 aromatic carbocycles. The van der Waals surface area contributed by atoms with E-state index in [0.717, 1.165) is 49.6 Å². The van der Waals surface area contributed by atoms with Crippen LogP contribution in [0.25, 0.3) is 0 Å². The highest BCUT2D eigenvalue weighted by Gasteiger charge is 2.34. The molecule has 96 valence electrons. The van der Waals surface area contributed by atoms with E-state index in [0.29, 0.717) is 5.92 Å². The van der Waals surface area contributed by atoms with E-state index in [1.54, 1.807) is 0 Å². The molecule has 1 N–H and O–H groups in total. The maximum absolute atomic E-state index is 12.5. The highest BCUT2D eigenvalue weighted by Crippen LogP contribution is 2.27. The zero-order valence-corrected chi connectivity index (χ0v) is 10.9. The van der Waals surface area contributed by atoms with Gasteiger partial charge in [-0.15, -0.1) is 0 Å². The van der Waals surface area contributed by atoms with Crippen LogP contribution in [0.15, 0.2) is 24.3 Å². The third-order valence-corrected chi connectivity index (χ3v) is 4.37. The van der Waals surface area contributed by atoms with E-state index in [9.17, 15) is 4.79 Å². The summed E-state index contributed by atoms with van der Waals surface area (Å²) in [5, 5.41) is 3.44. The van der Waals surface area contributed by atoms with Crippen LogP contribution in [0.2, 0.25) is 0 Å². The number of fused-ring (bicyclic) bond motifs is 1. The summed E-state index contributed by atoms with van der Waals surface area (Å²) in [6, 6.07) is 7.89. The number of aryl methyl sites for hydroxylation is 1. The van der Waals surface area contributed by atoms with Crippen LogP contribution in [0.3, 0.4) is 0 Å². The van der Waals surface area contributed by atoms with Crippen LogP contribution in [-0.2, 0) is 0 Å². The molecule has 3 nitrogen and oxygen atoms in total. The van der Waals surface area contributed by atoms with Crippen LogP contribution < -0.4 is 5.32 Å². The lowest BCUT2D eigenvalue weighted by atomic mass is 9.88. The lowest BCUT2D eigenvalue weighted by Crippen LogP contribution is -2.43. The van der Waals surface area contributed by atoms with Crippen LogP contribution in [0.1, 0.15) is 22.3 Å². The first kappa shape index (κ1) is 11.7. The Morgan fingerprint density at radius 3 is 2.89 bits per heavy atom. The number of amides is 1. The molecule has 2 aliphatic heterocycles. The first-order chi connectivity index (χ1) is 8.75. The fraction of sp³-hybridized carbons (Fsp3) is 0.533. The van der Waals surface area contributed by atoms with Crippen molar-refractivity contribution in [1.29, 1.82) is 0 Å². The Balaban J connectivity index is 1.75. The van der Waals surface area contributed by atoms with Crippen molar-refractivity contribution in [3.05, 3.63) is 35.4 Å². The SMILES string of the molecule is Cc1ccccc1C(=O)N1CCC2CNCC2C1. The molecule has 3 heteroatoms. The van der Waals surface area contributed by atoms with Crippen LogP contribution in [0.4, 0.5) is 0 Å². The zero-order valence-electron chi connectivity index (χ0n) is 10.9. The minimum absolute atomic E-state index is 0.207. The van der Waals surface area contributed by atoms with Crippen molar-refractivity contribution < 1.29 is 4.79 Å². The summed E-state index contributed by atoms with van der Waals surface area (Å²) >= 11 is 0. The quantitative estimate of drug-likeness (QED) is 0.815. The molecule has 18 heavy (non-hydrogen) atoms. The van der Waals surface area contributed by atoms with Gasteiger partial charge in [0.1, 0.15) is 0 Å². The van der Waals surface area contributed by atoms with Gasteiger partial charge < -0.3 is 10.2 Å². The average Bonchev–Trinajstić information content (AvgIpc) is 2.85. The molecule has 2 atom stereocenters. The van der Waals surface area contributed by atoms with Gasteiger partial charge in [-0.3, -0.25) is 4.79 Å². The third-order valence-electron chi connectivity index (χ3n) is 4.37. The van der Waals surface area contributed by atoms with E-state index in [-0.39, 0.29) is 5.91 Å². The van der Waals surface area contributed by atoms with Gasteiger partial charge in [0.05, 0.1) is 0 Å². The van der Waals surface area contributed by atoms with Crippen molar-refractivity contribution >= 4 is 5.91 Å². The van der Waals surface area contributed by atoms with Gasteiger partial charge in [-0.1, -0.05) is 18.2 Å². The minimum atomic E-state index is 0.207. The normalized spacial score (nSPS) is 27.1. The molecule has 0 spiro atoms. The fourth-order valence-corrected chi connectivity index (χ4v) is 3.20. The second-order valence-electron chi connectivity index (χ2n) is 5.53.